The summed E-state index contributed by atoms with van der Waals surface area (Å²) in [5, 5.41) is 8.89. The Morgan fingerprint density at radius 1 is 1.56 bits per heavy atom. The Balaban J connectivity index is 0.00000225. The SMILES string of the molecule is CC(C)(C)[C@H](N)C(=O)N1CCC[C@H]1C#N.Cl. The van der Waals surface area contributed by atoms with E-state index in [1.165, 1.54) is 0 Å². The van der Waals surface area contributed by atoms with E-state index in [4.69, 9.17) is 11.0 Å². The molecule has 0 radical (unpaired) electrons. The van der Waals surface area contributed by atoms with Crippen molar-refractivity contribution in [2.24, 2.45) is 11.1 Å². The van der Waals surface area contributed by atoms with Gasteiger partial charge in [0.05, 0.1) is 12.1 Å². The molecule has 1 aliphatic rings. The molecular formula is C11H20ClN3O. The zero-order chi connectivity index (χ0) is 11.6. The van der Waals surface area contributed by atoms with Crippen molar-refractivity contribution in [2.45, 2.75) is 45.7 Å². The van der Waals surface area contributed by atoms with E-state index in [9.17, 15) is 4.79 Å². The van der Waals surface area contributed by atoms with Gasteiger partial charge in [-0.25, -0.2) is 0 Å². The Hall–Kier alpha value is -0.790. The Kier molecular flexibility index (Phi) is 5.24. The zero-order valence-corrected chi connectivity index (χ0v) is 10.9. The first kappa shape index (κ1) is 15.2. The molecule has 16 heavy (non-hydrogen) atoms. The molecule has 0 bridgehead atoms. The van der Waals surface area contributed by atoms with Gasteiger partial charge < -0.3 is 10.6 Å². The van der Waals surface area contributed by atoms with Crippen LogP contribution in [0.25, 0.3) is 0 Å². The number of amides is 1. The number of hydrogen-bond acceptors (Lipinski definition) is 3. The Labute approximate surface area is 103 Å². The summed E-state index contributed by atoms with van der Waals surface area (Å²) in [7, 11) is 0. The van der Waals surface area contributed by atoms with Crippen molar-refractivity contribution in [3.63, 3.8) is 0 Å². The lowest BCUT2D eigenvalue weighted by Gasteiger charge is -2.31. The van der Waals surface area contributed by atoms with E-state index < -0.39 is 6.04 Å². The molecular weight excluding hydrogens is 226 g/mol. The van der Waals surface area contributed by atoms with Crippen LogP contribution < -0.4 is 5.73 Å². The maximum absolute atomic E-state index is 12.0. The lowest BCUT2D eigenvalue weighted by atomic mass is 9.86. The summed E-state index contributed by atoms with van der Waals surface area (Å²) in [5.41, 5.74) is 5.64. The van der Waals surface area contributed by atoms with Crippen LogP contribution >= 0.6 is 12.4 Å². The molecule has 1 aliphatic heterocycles. The number of carbonyl (C=O) groups is 1. The van der Waals surface area contributed by atoms with Gasteiger partial charge in [0.25, 0.3) is 0 Å². The topological polar surface area (TPSA) is 70.1 Å². The van der Waals surface area contributed by atoms with E-state index in [2.05, 4.69) is 6.07 Å². The van der Waals surface area contributed by atoms with Crippen molar-refractivity contribution in [3.05, 3.63) is 0 Å². The Morgan fingerprint density at radius 3 is 2.56 bits per heavy atom. The fourth-order valence-corrected chi connectivity index (χ4v) is 1.71. The average Bonchev–Trinajstić information content (AvgIpc) is 2.61. The number of rotatable bonds is 1. The molecule has 0 aromatic heterocycles. The number of likely N-dealkylation sites (tertiary alicyclic amines) is 1. The first-order valence-corrected chi connectivity index (χ1v) is 5.33. The average molecular weight is 246 g/mol. The largest absolute Gasteiger partial charge is 0.325 e. The summed E-state index contributed by atoms with van der Waals surface area (Å²) in [4.78, 5) is 13.6. The van der Waals surface area contributed by atoms with E-state index in [1.54, 1.807) is 4.90 Å². The third kappa shape index (κ3) is 3.10. The van der Waals surface area contributed by atoms with E-state index in [-0.39, 0.29) is 29.8 Å². The predicted molar refractivity (Wildman–Crippen MR) is 65.0 cm³/mol. The molecule has 1 fully saturated rings. The minimum absolute atomic E-state index is 0. The maximum atomic E-state index is 12.0. The molecule has 0 aromatic rings. The van der Waals surface area contributed by atoms with E-state index in [1.807, 2.05) is 20.8 Å². The Morgan fingerprint density at radius 2 is 2.12 bits per heavy atom. The lowest BCUT2D eigenvalue weighted by molar-refractivity contribution is -0.134. The van der Waals surface area contributed by atoms with Crippen LogP contribution in [0.3, 0.4) is 0 Å². The van der Waals surface area contributed by atoms with Crippen LogP contribution in [0, 0.1) is 16.7 Å². The van der Waals surface area contributed by atoms with Crippen LogP contribution in [0.4, 0.5) is 0 Å². The van der Waals surface area contributed by atoms with Gasteiger partial charge in [-0.2, -0.15) is 5.26 Å². The minimum Gasteiger partial charge on any atom is -0.325 e. The highest BCUT2D eigenvalue weighted by Gasteiger charge is 2.36. The van der Waals surface area contributed by atoms with Gasteiger partial charge >= 0.3 is 0 Å². The molecule has 1 amide bonds. The quantitative estimate of drug-likeness (QED) is 0.757. The van der Waals surface area contributed by atoms with Crippen molar-refractivity contribution >= 4 is 18.3 Å². The second kappa shape index (κ2) is 5.51. The smallest absolute Gasteiger partial charge is 0.241 e. The second-order valence-corrected chi connectivity index (χ2v) is 5.16. The van der Waals surface area contributed by atoms with Crippen molar-refractivity contribution in [3.8, 4) is 6.07 Å². The van der Waals surface area contributed by atoms with E-state index in [0.29, 0.717) is 6.54 Å². The third-order valence-electron chi connectivity index (χ3n) is 2.88. The van der Waals surface area contributed by atoms with Crippen molar-refractivity contribution in [1.29, 1.82) is 5.26 Å². The third-order valence-corrected chi connectivity index (χ3v) is 2.88. The maximum Gasteiger partial charge on any atom is 0.241 e. The summed E-state index contributed by atoms with van der Waals surface area (Å²) < 4.78 is 0. The van der Waals surface area contributed by atoms with Crippen molar-refractivity contribution < 1.29 is 4.79 Å². The van der Waals surface area contributed by atoms with Crippen molar-refractivity contribution in [2.75, 3.05) is 6.54 Å². The van der Waals surface area contributed by atoms with Gasteiger partial charge in [0, 0.05) is 6.54 Å². The molecule has 0 aromatic carbocycles. The number of hydrogen-bond donors (Lipinski definition) is 1. The summed E-state index contributed by atoms with van der Waals surface area (Å²) in [6.45, 7) is 6.48. The van der Waals surface area contributed by atoms with Gasteiger partial charge in [-0.3, -0.25) is 4.79 Å². The summed E-state index contributed by atoms with van der Waals surface area (Å²) >= 11 is 0. The summed E-state index contributed by atoms with van der Waals surface area (Å²) in [6.07, 6.45) is 1.68. The molecule has 0 unspecified atom stereocenters. The molecule has 0 saturated carbocycles. The summed E-state index contributed by atoms with van der Waals surface area (Å²) in [6, 6.07) is 1.36. The molecule has 4 nitrogen and oxygen atoms in total. The molecule has 1 heterocycles. The fourth-order valence-electron chi connectivity index (χ4n) is 1.71. The van der Waals surface area contributed by atoms with Crippen LogP contribution in [0.15, 0.2) is 0 Å². The van der Waals surface area contributed by atoms with Gasteiger partial charge in [-0.05, 0) is 18.3 Å². The number of nitrogens with two attached hydrogens (primary N) is 1. The van der Waals surface area contributed by atoms with Crippen molar-refractivity contribution in [1.82, 2.24) is 4.90 Å². The van der Waals surface area contributed by atoms with Gasteiger partial charge in [-0.1, -0.05) is 20.8 Å². The highest BCUT2D eigenvalue weighted by atomic mass is 35.5. The molecule has 1 rings (SSSR count). The normalized spacial score (nSPS) is 22.2. The molecule has 0 spiro atoms. The predicted octanol–water partition coefficient (Wildman–Crippen LogP) is 1.30. The first-order chi connectivity index (χ1) is 6.88. The fraction of sp³-hybridized carbons (Fsp3) is 0.818. The van der Waals surface area contributed by atoms with E-state index >= 15 is 0 Å². The zero-order valence-electron chi connectivity index (χ0n) is 10.1. The minimum atomic E-state index is -0.522. The molecule has 2 N–H and O–H groups in total. The molecule has 92 valence electrons. The van der Waals surface area contributed by atoms with Crippen LogP contribution in [-0.4, -0.2) is 29.4 Å². The van der Waals surface area contributed by atoms with Gasteiger partial charge in [0.1, 0.15) is 6.04 Å². The number of carbonyl (C=O) groups excluding carboxylic acids is 1. The van der Waals surface area contributed by atoms with Crippen LogP contribution in [0.2, 0.25) is 0 Å². The first-order valence-electron chi connectivity index (χ1n) is 5.33. The van der Waals surface area contributed by atoms with Gasteiger partial charge in [-0.15, -0.1) is 12.4 Å². The molecule has 2 atom stereocenters. The molecule has 1 saturated heterocycles. The van der Waals surface area contributed by atoms with Crippen LogP contribution in [0.5, 0.6) is 0 Å². The highest BCUT2D eigenvalue weighted by Crippen LogP contribution is 2.23. The molecule has 5 heteroatoms. The van der Waals surface area contributed by atoms with Gasteiger partial charge in [0.15, 0.2) is 0 Å². The van der Waals surface area contributed by atoms with E-state index in [0.717, 1.165) is 12.8 Å². The standard InChI is InChI=1S/C11H19N3O.ClH/c1-11(2,3)9(13)10(15)14-6-4-5-8(14)7-12;/h8-9H,4-6,13H2,1-3H3;1H/t8-,9+;/m0./s1. The highest BCUT2D eigenvalue weighted by molar-refractivity contribution is 5.85. The number of nitriles is 1. The number of halogens is 1. The summed E-state index contributed by atoms with van der Waals surface area (Å²) in [5.74, 6) is -0.0912. The monoisotopic (exact) mass is 245 g/mol. The second-order valence-electron chi connectivity index (χ2n) is 5.16. The Bertz CT molecular complexity index is 293. The van der Waals surface area contributed by atoms with Crippen LogP contribution in [-0.2, 0) is 4.79 Å². The lowest BCUT2D eigenvalue weighted by Crippen LogP contribution is -2.51. The molecule has 0 aliphatic carbocycles. The van der Waals surface area contributed by atoms with Gasteiger partial charge in [0.2, 0.25) is 5.91 Å². The number of nitrogens with zero attached hydrogens (tertiary/aromatic N) is 2. The van der Waals surface area contributed by atoms with Crippen LogP contribution in [0.1, 0.15) is 33.6 Å².